The van der Waals surface area contributed by atoms with E-state index in [-0.39, 0.29) is 22.9 Å². The van der Waals surface area contributed by atoms with Crippen molar-refractivity contribution in [1.82, 2.24) is 10.3 Å². The first-order valence-corrected chi connectivity index (χ1v) is 11.0. The predicted molar refractivity (Wildman–Crippen MR) is 133 cm³/mol. The first kappa shape index (κ1) is 23.3. The zero-order chi connectivity index (χ0) is 23.3. The van der Waals surface area contributed by atoms with E-state index in [1.807, 2.05) is 18.2 Å². The number of hydrogen-bond donors (Lipinski definition) is 2. The molecular weight excluding hydrogens is 396 g/mol. The summed E-state index contributed by atoms with van der Waals surface area (Å²) >= 11 is 0. The van der Waals surface area contributed by atoms with Gasteiger partial charge in [-0.15, -0.1) is 0 Å². The van der Waals surface area contributed by atoms with Gasteiger partial charge in [-0.1, -0.05) is 88.6 Å². The zero-order valence-corrected chi connectivity index (χ0v) is 19.2. The summed E-state index contributed by atoms with van der Waals surface area (Å²) in [5.74, 6) is 0.0588. The molecule has 0 bridgehead atoms. The molecule has 2 N–H and O–H groups in total. The van der Waals surface area contributed by atoms with E-state index in [0.29, 0.717) is 18.4 Å². The molecule has 4 heteroatoms. The summed E-state index contributed by atoms with van der Waals surface area (Å²) in [5.41, 5.74) is 5.40. The van der Waals surface area contributed by atoms with Gasteiger partial charge in [-0.3, -0.25) is 9.59 Å². The molecule has 1 atom stereocenters. The van der Waals surface area contributed by atoms with Crippen molar-refractivity contribution < 1.29 is 4.79 Å². The van der Waals surface area contributed by atoms with E-state index >= 15 is 0 Å². The number of amides is 1. The lowest BCUT2D eigenvalue weighted by molar-refractivity contribution is -0.119. The Bertz CT molecular complexity index is 1130. The Labute approximate surface area is 190 Å². The van der Waals surface area contributed by atoms with Crippen LogP contribution in [0, 0.1) is 0 Å². The van der Waals surface area contributed by atoms with Gasteiger partial charge in [0.1, 0.15) is 0 Å². The molecule has 4 nitrogen and oxygen atoms in total. The van der Waals surface area contributed by atoms with Crippen LogP contribution in [-0.4, -0.2) is 16.9 Å². The third-order valence-corrected chi connectivity index (χ3v) is 5.73. The quantitative estimate of drug-likeness (QED) is 0.594. The van der Waals surface area contributed by atoms with E-state index in [1.54, 1.807) is 12.2 Å². The fourth-order valence-electron chi connectivity index (χ4n) is 3.83. The van der Waals surface area contributed by atoms with E-state index in [0.717, 1.165) is 28.8 Å². The second kappa shape index (κ2) is 9.82. The fraction of sp³-hybridized carbons (Fsp3) is 0.286. The zero-order valence-electron chi connectivity index (χ0n) is 19.2. The minimum absolute atomic E-state index is 0.0501. The molecule has 0 aliphatic carbocycles. The number of aromatic amines is 1. The van der Waals surface area contributed by atoms with E-state index in [9.17, 15) is 9.59 Å². The van der Waals surface area contributed by atoms with Crippen molar-refractivity contribution in [2.75, 3.05) is 0 Å². The molecule has 1 aromatic heterocycles. The Hall–Kier alpha value is -3.40. The number of pyridine rings is 1. The molecule has 2 heterocycles. The van der Waals surface area contributed by atoms with Crippen LogP contribution in [0.1, 0.15) is 56.0 Å². The van der Waals surface area contributed by atoms with E-state index < -0.39 is 0 Å². The lowest BCUT2D eigenvalue weighted by Gasteiger charge is -2.20. The molecule has 0 saturated carbocycles. The molecule has 0 unspecified atom stereocenters. The SMILES string of the molecule is C=C/C=C(\C=C)Cc1ccc(/C(=C/[C@H]2CCC(=O)N2)c2ccc(C(C)(C)C)cc2)[nH]c1=O. The van der Waals surface area contributed by atoms with Gasteiger partial charge in [0.15, 0.2) is 0 Å². The fourth-order valence-corrected chi connectivity index (χ4v) is 3.83. The summed E-state index contributed by atoms with van der Waals surface area (Å²) in [4.78, 5) is 27.6. The lowest BCUT2D eigenvalue weighted by Crippen LogP contribution is -2.24. The van der Waals surface area contributed by atoms with Crippen LogP contribution in [0.15, 0.2) is 84.2 Å². The molecule has 1 aliphatic rings. The summed E-state index contributed by atoms with van der Waals surface area (Å²) in [5, 5.41) is 3.00. The van der Waals surface area contributed by atoms with Crippen LogP contribution in [0.4, 0.5) is 0 Å². The normalized spacial score (nSPS) is 17.2. The Kier molecular flexibility index (Phi) is 7.14. The second-order valence-corrected chi connectivity index (χ2v) is 9.20. The molecule has 32 heavy (non-hydrogen) atoms. The highest BCUT2D eigenvalue weighted by Crippen LogP contribution is 2.28. The van der Waals surface area contributed by atoms with Crippen molar-refractivity contribution >= 4 is 11.5 Å². The Morgan fingerprint density at radius 2 is 1.81 bits per heavy atom. The van der Waals surface area contributed by atoms with Crippen LogP contribution in [0.5, 0.6) is 0 Å². The van der Waals surface area contributed by atoms with Crippen molar-refractivity contribution in [1.29, 1.82) is 0 Å². The first-order chi connectivity index (χ1) is 15.2. The van der Waals surface area contributed by atoms with Gasteiger partial charge in [-0.25, -0.2) is 0 Å². The van der Waals surface area contributed by atoms with Crippen LogP contribution < -0.4 is 10.9 Å². The summed E-state index contributed by atoms with van der Waals surface area (Å²) in [6.45, 7) is 14.1. The van der Waals surface area contributed by atoms with E-state index in [4.69, 9.17) is 0 Å². The second-order valence-electron chi connectivity index (χ2n) is 9.20. The van der Waals surface area contributed by atoms with Crippen LogP contribution in [0.2, 0.25) is 0 Å². The molecule has 0 radical (unpaired) electrons. The van der Waals surface area contributed by atoms with Gasteiger partial charge < -0.3 is 10.3 Å². The van der Waals surface area contributed by atoms with Crippen molar-refractivity contribution in [3.63, 3.8) is 0 Å². The number of H-pyrrole nitrogens is 1. The highest BCUT2D eigenvalue weighted by atomic mass is 16.2. The number of aromatic nitrogens is 1. The number of carbonyl (C=O) groups excluding carboxylic acids is 1. The molecule has 1 aliphatic heterocycles. The third-order valence-electron chi connectivity index (χ3n) is 5.73. The lowest BCUT2D eigenvalue weighted by atomic mass is 9.86. The van der Waals surface area contributed by atoms with Crippen molar-refractivity contribution in [2.24, 2.45) is 0 Å². The maximum absolute atomic E-state index is 12.9. The summed E-state index contributed by atoms with van der Waals surface area (Å²) in [7, 11) is 0. The summed E-state index contributed by atoms with van der Waals surface area (Å²) in [6.07, 6.45) is 9.09. The number of benzene rings is 1. The number of rotatable bonds is 7. The average Bonchev–Trinajstić information content (AvgIpc) is 3.17. The largest absolute Gasteiger partial charge is 0.350 e. The summed E-state index contributed by atoms with van der Waals surface area (Å²) < 4.78 is 0. The first-order valence-electron chi connectivity index (χ1n) is 11.0. The highest BCUT2D eigenvalue weighted by Gasteiger charge is 2.21. The van der Waals surface area contributed by atoms with Gasteiger partial charge in [0.25, 0.3) is 5.56 Å². The summed E-state index contributed by atoms with van der Waals surface area (Å²) in [6, 6.07) is 12.2. The van der Waals surface area contributed by atoms with Gasteiger partial charge in [0.2, 0.25) is 5.91 Å². The van der Waals surface area contributed by atoms with E-state index in [1.165, 1.54) is 5.56 Å². The standard InChI is InChI=1S/C28H32N2O2/c1-6-8-19(7-2)17-21-11-15-25(30-27(21)32)24(18-23-14-16-26(31)29-23)20-9-12-22(13-10-20)28(3,4)5/h6-13,15,18,23H,1-2,14,16-17H2,3-5H3,(H,29,31)(H,30,32)/b19-8+,24-18+/t23-/m1/s1. The average molecular weight is 429 g/mol. The van der Waals surface area contributed by atoms with Crippen LogP contribution in [0.3, 0.4) is 0 Å². The molecule has 1 amide bonds. The minimum atomic E-state index is -0.132. The Morgan fingerprint density at radius 1 is 1.09 bits per heavy atom. The molecule has 2 aromatic rings. The van der Waals surface area contributed by atoms with Crippen LogP contribution >= 0.6 is 0 Å². The number of hydrogen-bond acceptors (Lipinski definition) is 2. The molecular formula is C28H32N2O2. The van der Waals surface area contributed by atoms with Crippen LogP contribution in [-0.2, 0) is 16.6 Å². The maximum Gasteiger partial charge on any atom is 0.251 e. The van der Waals surface area contributed by atoms with Crippen LogP contribution in [0.25, 0.3) is 5.57 Å². The van der Waals surface area contributed by atoms with Gasteiger partial charge in [0, 0.05) is 35.7 Å². The molecule has 1 aromatic carbocycles. The highest BCUT2D eigenvalue weighted by molar-refractivity contribution is 5.82. The van der Waals surface area contributed by atoms with Gasteiger partial charge in [0.05, 0.1) is 0 Å². The van der Waals surface area contributed by atoms with E-state index in [2.05, 4.69) is 74.6 Å². The topological polar surface area (TPSA) is 62.0 Å². The molecule has 1 saturated heterocycles. The smallest absolute Gasteiger partial charge is 0.251 e. The van der Waals surface area contributed by atoms with Crippen molar-refractivity contribution in [3.8, 4) is 0 Å². The Balaban J connectivity index is 2.01. The molecule has 1 fully saturated rings. The monoisotopic (exact) mass is 428 g/mol. The molecule has 3 rings (SSSR count). The predicted octanol–water partition coefficient (Wildman–Crippen LogP) is 5.22. The number of nitrogens with one attached hydrogen (secondary N) is 2. The molecule has 0 spiro atoms. The van der Waals surface area contributed by atoms with Gasteiger partial charge in [-0.05, 0) is 34.6 Å². The Morgan fingerprint density at radius 3 is 2.34 bits per heavy atom. The van der Waals surface area contributed by atoms with Gasteiger partial charge >= 0.3 is 0 Å². The third kappa shape index (κ3) is 5.64. The van der Waals surface area contributed by atoms with Crippen molar-refractivity contribution in [2.45, 2.75) is 51.5 Å². The van der Waals surface area contributed by atoms with Crippen molar-refractivity contribution in [3.05, 3.63) is 112 Å². The minimum Gasteiger partial charge on any atom is -0.350 e. The molecule has 166 valence electrons. The number of carbonyl (C=O) groups is 1. The van der Waals surface area contributed by atoms with Gasteiger partial charge in [-0.2, -0.15) is 0 Å². The number of allylic oxidation sites excluding steroid dienone is 4. The maximum atomic E-state index is 12.9.